The van der Waals surface area contributed by atoms with Crippen LogP contribution in [-0.2, 0) is 48.7 Å². The van der Waals surface area contributed by atoms with Crippen LogP contribution in [0.15, 0.2) is 32.7 Å². The highest BCUT2D eigenvalue weighted by Gasteiger charge is 2.48. The lowest BCUT2D eigenvalue weighted by Crippen LogP contribution is -2.55. The molecule has 2 aromatic heterocycles. The lowest BCUT2D eigenvalue weighted by Gasteiger charge is -2.43. The molecule has 5 rings (SSSR count). The van der Waals surface area contributed by atoms with Crippen LogP contribution in [0.1, 0.15) is 160 Å². The number of aromatic nitrogens is 1. The Labute approximate surface area is 460 Å². The van der Waals surface area contributed by atoms with Crippen LogP contribution in [0.25, 0.3) is 11.6 Å². The fraction of sp³-hybridized carbons (Fsp3) is 0.618. The largest absolute Gasteiger partial charge is 0.426 e. The van der Waals surface area contributed by atoms with Gasteiger partial charge >= 0.3 is 5.97 Å². The first-order valence-corrected chi connectivity index (χ1v) is 30.4. The Kier molecular flexibility index (Phi) is 20.9. The zero-order valence-corrected chi connectivity index (χ0v) is 50.2. The van der Waals surface area contributed by atoms with E-state index >= 15 is 0 Å². The minimum atomic E-state index is -4.51. The molecule has 3 aromatic rings. The van der Waals surface area contributed by atoms with E-state index < -0.39 is 60.3 Å². The first kappa shape index (κ1) is 63.0. The van der Waals surface area contributed by atoms with E-state index in [1.807, 2.05) is 41.5 Å². The van der Waals surface area contributed by atoms with E-state index in [0.29, 0.717) is 70.1 Å². The van der Waals surface area contributed by atoms with Crippen molar-refractivity contribution in [3.63, 3.8) is 0 Å². The number of carbonyl (C=O) groups excluding carboxylic acids is 5. The predicted octanol–water partition coefficient (Wildman–Crippen LogP) is 7.85. The number of nitrogens with zero attached hydrogens (tertiary/aromatic N) is 3. The van der Waals surface area contributed by atoms with Gasteiger partial charge < -0.3 is 39.6 Å². The minimum Gasteiger partial charge on any atom is -0.426 e. The number of H-pyrrole nitrogens is 1. The summed E-state index contributed by atoms with van der Waals surface area (Å²) in [6, 6.07) is 5.26. The monoisotopic (exact) mass is 1130 g/mol. The molecule has 0 saturated carbocycles. The molecule has 1 aromatic carbocycles. The van der Waals surface area contributed by atoms with Gasteiger partial charge in [-0.15, -0.1) is 11.3 Å². The number of anilines is 1. The van der Waals surface area contributed by atoms with Crippen LogP contribution in [0, 0.1) is 24.7 Å². The van der Waals surface area contributed by atoms with Crippen molar-refractivity contribution in [1.29, 1.82) is 0 Å². The van der Waals surface area contributed by atoms with Gasteiger partial charge in [-0.1, -0.05) is 55.4 Å². The van der Waals surface area contributed by atoms with E-state index in [0.717, 1.165) is 19.6 Å². The summed E-state index contributed by atoms with van der Waals surface area (Å²) in [5.74, 6) is -1.75. The number of methoxy groups -OCH3 is 1. The number of likely N-dealkylation sites (N-methyl/N-ethyl adjacent to an activating group) is 2. The molecule has 0 aliphatic carbocycles. The van der Waals surface area contributed by atoms with E-state index in [-0.39, 0.29) is 89.1 Å². The van der Waals surface area contributed by atoms with Crippen LogP contribution < -0.4 is 20.1 Å². The number of hydrogen-bond acceptors (Lipinski definition) is 14. The van der Waals surface area contributed by atoms with Crippen LogP contribution >= 0.6 is 11.3 Å². The molecule has 0 fully saturated rings. The third kappa shape index (κ3) is 14.5. The standard InChI is InChI=1S/C55H83N7O12S3/c1-16-34(6)73-37(9)48(64)55(14,17-2)59-76(68,69)46-30-41-44(32-61(25-21-27-72-15)77(70,71)51(41)75-46)62(20-5)52(67)54(12,13)33-53(10,11)31-45(63)74-38-22-23-42-39(28-38)40(49(65)58-42)29-43-35(7)47(36(8)57-43)50(66)56-24-26-60(18-3)19-4/h22-23,28-30,34,37,44,57,59H,16-21,24-27,31-33H2,1-15H3,(H,56,66)(H,58,65)/b40-29-/t34?,37-,44-,55?/m0/s1. The Morgan fingerprint density at radius 2 is 1.68 bits per heavy atom. The highest BCUT2D eigenvalue weighted by molar-refractivity contribution is 7.94. The molecule has 3 amide bonds. The van der Waals surface area contributed by atoms with Crippen molar-refractivity contribution in [3.05, 3.63) is 57.9 Å². The van der Waals surface area contributed by atoms with E-state index in [2.05, 4.69) is 39.1 Å². The molecule has 77 heavy (non-hydrogen) atoms. The molecule has 4 atom stereocenters. The first-order valence-electron chi connectivity index (χ1n) is 26.7. The van der Waals surface area contributed by atoms with Gasteiger partial charge in [0.05, 0.1) is 35.2 Å². The summed E-state index contributed by atoms with van der Waals surface area (Å²) in [4.78, 5) is 76.2. The second kappa shape index (κ2) is 25.5. The summed E-state index contributed by atoms with van der Waals surface area (Å²) in [5, 5.41) is 5.87. The molecule has 19 nitrogen and oxygen atoms in total. The van der Waals surface area contributed by atoms with Crippen LogP contribution in [0.5, 0.6) is 5.75 Å². The van der Waals surface area contributed by atoms with Crippen molar-refractivity contribution < 1.29 is 55.0 Å². The molecule has 4 heterocycles. The molecule has 2 aliphatic heterocycles. The summed E-state index contributed by atoms with van der Waals surface area (Å²) in [6.45, 7) is 28.5. The van der Waals surface area contributed by atoms with Gasteiger partial charge in [0.25, 0.3) is 31.9 Å². The van der Waals surface area contributed by atoms with Crippen molar-refractivity contribution in [2.45, 2.75) is 161 Å². The van der Waals surface area contributed by atoms with Gasteiger partial charge in [-0.25, -0.2) is 16.8 Å². The number of esters is 1. The smallest absolute Gasteiger partial charge is 0.311 e. The number of aryl methyl sites for hydroxylation is 1. The average molecular weight is 1130 g/mol. The molecule has 22 heteroatoms. The SMILES string of the molecule is CCC(C)O[C@@H](C)C(=O)C(C)(CC)NS(=O)(=O)c1cc2c(s1)S(=O)(=O)N(CCCOC)C[C@@H]2N(CC)C(=O)C(C)(C)CC(C)(C)CC(=O)Oc1ccc2c(c1)/C(=C/c1[nH]c(C)c(C(=O)NCCN(CC)CC)c1C)C(=O)N2. The maximum absolute atomic E-state index is 15.0. The molecule has 0 radical (unpaired) electrons. The van der Waals surface area contributed by atoms with E-state index in [1.54, 1.807) is 63.8 Å². The van der Waals surface area contributed by atoms with Crippen molar-refractivity contribution in [1.82, 2.24) is 29.1 Å². The average Bonchev–Trinajstić information content (AvgIpc) is 4.04. The summed E-state index contributed by atoms with van der Waals surface area (Å²) in [6.07, 6.45) is 1.67. The fourth-order valence-electron chi connectivity index (χ4n) is 10.4. The fourth-order valence-corrected chi connectivity index (χ4v) is 15.7. The molecular formula is C55H83N7O12S3. The number of rotatable bonds is 28. The Bertz CT molecular complexity index is 2920. The molecule has 2 aliphatic rings. The number of ketones is 1. The number of benzene rings is 1. The maximum Gasteiger partial charge on any atom is 0.311 e. The van der Waals surface area contributed by atoms with E-state index in [4.69, 9.17) is 14.2 Å². The maximum atomic E-state index is 15.0. The van der Waals surface area contributed by atoms with Crippen LogP contribution in [-0.4, -0.2) is 143 Å². The molecule has 0 spiro atoms. The van der Waals surface area contributed by atoms with Crippen molar-refractivity contribution in [3.8, 4) is 5.75 Å². The quantitative estimate of drug-likeness (QED) is 0.0235. The van der Waals surface area contributed by atoms with Gasteiger partial charge in [-0.2, -0.15) is 9.03 Å². The number of hydrogen-bond donors (Lipinski definition) is 4. The van der Waals surface area contributed by atoms with Gasteiger partial charge in [0.2, 0.25) is 5.91 Å². The van der Waals surface area contributed by atoms with Crippen LogP contribution in [0.4, 0.5) is 5.69 Å². The Morgan fingerprint density at radius 1 is 1.00 bits per heavy atom. The van der Waals surface area contributed by atoms with Crippen LogP contribution in [0.3, 0.4) is 0 Å². The predicted molar refractivity (Wildman–Crippen MR) is 300 cm³/mol. The first-order chi connectivity index (χ1) is 35.9. The zero-order valence-electron chi connectivity index (χ0n) is 47.8. The third-order valence-corrected chi connectivity index (χ3v) is 20.3. The number of carbonyl (C=O) groups is 5. The number of thiophene rings is 1. The van der Waals surface area contributed by atoms with Gasteiger partial charge in [0.1, 0.15) is 20.3 Å². The second-order valence-corrected chi connectivity index (χ2v) is 26.9. The molecule has 0 saturated heterocycles. The highest BCUT2D eigenvalue weighted by Crippen LogP contribution is 2.46. The molecule has 4 N–H and O–H groups in total. The van der Waals surface area contributed by atoms with Crippen molar-refractivity contribution in [2.24, 2.45) is 10.8 Å². The van der Waals surface area contributed by atoms with Gasteiger partial charge in [-0.3, -0.25) is 24.0 Å². The Hall–Kier alpha value is -4.81. The zero-order chi connectivity index (χ0) is 57.6. The number of Topliss-reactive ketones (excluding diaryl/α,β-unsaturated/α-hetero) is 1. The van der Waals surface area contributed by atoms with Crippen molar-refractivity contribution >= 4 is 78.2 Å². The molecule has 2 unspecified atom stereocenters. The topological polar surface area (TPSA) is 243 Å². The van der Waals surface area contributed by atoms with E-state index in [1.165, 1.54) is 24.4 Å². The molecule has 0 bridgehead atoms. The van der Waals surface area contributed by atoms with E-state index in [9.17, 15) is 40.8 Å². The highest BCUT2D eigenvalue weighted by atomic mass is 32.3. The van der Waals surface area contributed by atoms with Crippen molar-refractivity contribution in [2.75, 3.05) is 64.8 Å². The Balaban J connectivity index is 1.36. The third-order valence-electron chi connectivity index (χ3n) is 14.7. The number of aromatic amines is 1. The Morgan fingerprint density at radius 3 is 2.29 bits per heavy atom. The van der Waals surface area contributed by atoms with Crippen LogP contribution in [0.2, 0.25) is 0 Å². The minimum absolute atomic E-state index is 0.0462. The summed E-state index contributed by atoms with van der Waals surface area (Å²) in [7, 11) is -7.26. The summed E-state index contributed by atoms with van der Waals surface area (Å²) < 4.78 is 77.6. The number of sulfonamides is 2. The number of fused-ring (bicyclic) bond motifs is 2. The van der Waals surface area contributed by atoms with Gasteiger partial charge in [0.15, 0.2) is 5.78 Å². The molecule has 428 valence electrons. The lowest BCUT2D eigenvalue weighted by molar-refractivity contribution is -0.146. The lowest BCUT2D eigenvalue weighted by atomic mass is 9.72. The van der Waals surface area contributed by atoms with Gasteiger partial charge in [0, 0.05) is 80.1 Å². The number of amides is 3. The summed E-state index contributed by atoms with van der Waals surface area (Å²) >= 11 is 0.577. The molecular weight excluding hydrogens is 1050 g/mol. The normalized spacial score (nSPS) is 17.8. The number of nitrogens with one attached hydrogen (secondary N) is 4. The second-order valence-electron chi connectivity index (χ2n) is 21.8. The van der Waals surface area contributed by atoms with Gasteiger partial charge in [-0.05, 0) is 122 Å². The number of ether oxygens (including phenoxy) is 3. The summed E-state index contributed by atoms with van der Waals surface area (Å²) in [5.41, 5.74) is 0.405.